The standard InChI is InChI=1S/C19H22N2O6S/c1-11-9-15(12-5-4-6-12)27-19(23)17(11)18(22)20-13-7-8-14(16(10-13)26-2)21-28(3,24)25/h7-10,12,21H,4-6H2,1-3H3,(H,20,22). The Kier molecular flexibility index (Phi) is 5.46. The normalized spacial score (nSPS) is 14.2. The van der Waals surface area contributed by atoms with Crippen LogP contribution in [0.1, 0.15) is 46.9 Å². The van der Waals surface area contributed by atoms with Crippen LogP contribution in [0, 0.1) is 6.92 Å². The molecule has 2 aromatic rings. The molecule has 150 valence electrons. The molecule has 1 amide bonds. The minimum atomic E-state index is -3.48. The van der Waals surface area contributed by atoms with Gasteiger partial charge >= 0.3 is 5.63 Å². The lowest BCUT2D eigenvalue weighted by atomic mass is 9.83. The van der Waals surface area contributed by atoms with Crippen LogP contribution in [-0.4, -0.2) is 27.7 Å². The predicted molar refractivity (Wildman–Crippen MR) is 106 cm³/mol. The molecule has 1 saturated carbocycles. The van der Waals surface area contributed by atoms with Crippen molar-refractivity contribution in [3.05, 3.63) is 51.6 Å². The van der Waals surface area contributed by atoms with Crippen LogP contribution in [0.25, 0.3) is 0 Å². The Morgan fingerprint density at radius 2 is 1.96 bits per heavy atom. The van der Waals surface area contributed by atoms with Crippen LogP contribution >= 0.6 is 0 Å². The average molecular weight is 406 g/mol. The highest BCUT2D eigenvalue weighted by Gasteiger charge is 2.25. The van der Waals surface area contributed by atoms with Gasteiger partial charge in [0.05, 0.1) is 19.1 Å². The molecular weight excluding hydrogens is 384 g/mol. The predicted octanol–water partition coefficient (Wildman–Crippen LogP) is 2.85. The van der Waals surface area contributed by atoms with Crippen LogP contribution in [0.2, 0.25) is 0 Å². The highest BCUT2D eigenvalue weighted by Crippen LogP contribution is 2.36. The summed E-state index contributed by atoms with van der Waals surface area (Å²) in [6, 6.07) is 6.18. The smallest absolute Gasteiger partial charge is 0.349 e. The molecule has 3 rings (SSSR count). The second-order valence-electron chi connectivity index (χ2n) is 6.87. The summed E-state index contributed by atoms with van der Waals surface area (Å²) < 4.78 is 35.7. The van der Waals surface area contributed by atoms with Crippen molar-refractivity contribution in [2.75, 3.05) is 23.4 Å². The number of amides is 1. The molecule has 28 heavy (non-hydrogen) atoms. The molecular formula is C19H22N2O6S. The number of hydrogen-bond donors (Lipinski definition) is 2. The van der Waals surface area contributed by atoms with Crippen LogP contribution < -0.4 is 20.4 Å². The second-order valence-corrected chi connectivity index (χ2v) is 8.61. The van der Waals surface area contributed by atoms with Gasteiger partial charge in [-0.15, -0.1) is 0 Å². The van der Waals surface area contributed by atoms with Gasteiger partial charge in [0, 0.05) is 17.7 Å². The molecule has 9 heteroatoms. The molecule has 8 nitrogen and oxygen atoms in total. The van der Waals surface area contributed by atoms with Gasteiger partial charge in [0.15, 0.2) is 0 Å². The number of carbonyl (C=O) groups is 1. The molecule has 0 atom stereocenters. The summed E-state index contributed by atoms with van der Waals surface area (Å²) in [5, 5.41) is 2.63. The van der Waals surface area contributed by atoms with Crippen LogP contribution in [0.5, 0.6) is 5.75 Å². The number of rotatable bonds is 6. The number of aryl methyl sites for hydroxylation is 1. The Hall–Kier alpha value is -2.81. The van der Waals surface area contributed by atoms with Crippen LogP contribution in [0.3, 0.4) is 0 Å². The van der Waals surface area contributed by atoms with Gasteiger partial charge < -0.3 is 14.5 Å². The number of methoxy groups -OCH3 is 1. The second kappa shape index (κ2) is 7.67. The Labute approximate surface area is 163 Å². The number of benzene rings is 1. The van der Waals surface area contributed by atoms with Crippen molar-refractivity contribution in [1.82, 2.24) is 0 Å². The Balaban J connectivity index is 1.84. The molecule has 0 spiro atoms. The maximum absolute atomic E-state index is 12.6. The number of nitrogens with one attached hydrogen (secondary N) is 2. The molecule has 1 aliphatic carbocycles. The van der Waals surface area contributed by atoms with E-state index in [2.05, 4.69) is 10.0 Å². The van der Waals surface area contributed by atoms with Gasteiger partial charge in [-0.1, -0.05) is 6.42 Å². The molecule has 0 saturated heterocycles. The highest BCUT2D eigenvalue weighted by atomic mass is 32.2. The Morgan fingerprint density at radius 1 is 1.25 bits per heavy atom. The zero-order valence-corrected chi connectivity index (χ0v) is 16.7. The maximum atomic E-state index is 12.6. The van der Waals surface area contributed by atoms with Crippen molar-refractivity contribution in [2.45, 2.75) is 32.1 Å². The van der Waals surface area contributed by atoms with E-state index in [4.69, 9.17) is 9.15 Å². The minimum absolute atomic E-state index is 0.0552. The van der Waals surface area contributed by atoms with E-state index < -0.39 is 21.6 Å². The summed E-state index contributed by atoms with van der Waals surface area (Å²) in [6.45, 7) is 1.70. The van der Waals surface area contributed by atoms with Gasteiger partial charge in [-0.3, -0.25) is 9.52 Å². The summed E-state index contributed by atoms with van der Waals surface area (Å²) in [7, 11) is -2.10. The molecule has 0 radical (unpaired) electrons. The van der Waals surface area contributed by atoms with E-state index in [-0.39, 0.29) is 22.9 Å². The molecule has 2 N–H and O–H groups in total. The van der Waals surface area contributed by atoms with Crippen molar-refractivity contribution in [1.29, 1.82) is 0 Å². The van der Waals surface area contributed by atoms with Gasteiger partial charge in [-0.05, 0) is 43.5 Å². The maximum Gasteiger partial charge on any atom is 0.349 e. The molecule has 1 fully saturated rings. The van der Waals surface area contributed by atoms with E-state index in [1.165, 1.54) is 25.3 Å². The number of sulfonamides is 1. The Bertz CT molecular complexity index is 1070. The number of anilines is 2. The van der Waals surface area contributed by atoms with E-state index in [0.29, 0.717) is 17.0 Å². The van der Waals surface area contributed by atoms with Crippen molar-refractivity contribution < 1.29 is 22.4 Å². The zero-order valence-electron chi connectivity index (χ0n) is 15.9. The minimum Gasteiger partial charge on any atom is -0.494 e. The summed E-state index contributed by atoms with van der Waals surface area (Å²) in [5.74, 6) is 0.510. The first-order valence-corrected chi connectivity index (χ1v) is 10.7. The lowest BCUT2D eigenvalue weighted by molar-refractivity contribution is 0.102. The molecule has 1 aliphatic rings. The fourth-order valence-electron chi connectivity index (χ4n) is 3.05. The largest absolute Gasteiger partial charge is 0.494 e. The highest BCUT2D eigenvalue weighted by molar-refractivity contribution is 7.92. The van der Waals surface area contributed by atoms with Gasteiger partial charge in [-0.25, -0.2) is 13.2 Å². The van der Waals surface area contributed by atoms with E-state index >= 15 is 0 Å². The molecule has 0 unspecified atom stereocenters. The third-order valence-corrected chi connectivity index (χ3v) is 5.25. The lowest BCUT2D eigenvalue weighted by Crippen LogP contribution is -2.24. The Morgan fingerprint density at radius 3 is 2.50 bits per heavy atom. The first kappa shape index (κ1) is 19.9. The quantitative estimate of drug-likeness (QED) is 0.762. The summed E-state index contributed by atoms with van der Waals surface area (Å²) >= 11 is 0. The molecule has 0 aliphatic heterocycles. The molecule has 1 aromatic carbocycles. The fourth-order valence-corrected chi connectivity index (χ4v) is 3.61. The average Bonchev–Trinajstić information content (AvgIpc) is 2.52. The van der Waals surface area contributed by atoms with Crippen molar-refractivity contribution in [3.63, 3.8) is 0 Å². The van der Waals surface area contributed by atoms with Gasteiger partial charge in [0.1, 0.15) is 17.1 Å². The summed E-state index contributed by atoms with van der Waals surface area (Å²) in [4.78, 5) is 25.0. The third-order valence-electron chi connectivity index (χ3n) is 4.66. The third kappa shape index (κ3) is 4.36. The van der Waals surface area contributed by atoms with Gasteiger partial charge in [0.2, 0.25) is 10.0 Å². The monoisotopic (exact) mass is 406 g/mol. The molecule has 0 bridgehead atoms. The fraction of sp³-hybridized carbons (Fsp3) is 0.368. The lowest BCUT2D eigenvalue weighted by Gasteiger charge is -2.24. The summed E-state index contributed by atoms with van der Waals surface area (Å²) in [6.07, 6.45) is 4.11. The van der Waals surface area contributed by atoms with Gasteiger partial charge in [-0.2, -0.15) is 0 Å². The van der Waals surface area contributed by atoms with E-state index in [1.54, 1.807) is 13.0 Å². The topological polar surface area (TPSA) is 115 Å². The summed E-state index contributed by atoms with van der Waals surface area (Å²) in [5.41, 5.74) is 0.423. The number of ether oxygens (including phenoxy) is 1. The number of hydrogen-bond acceptors (Lipinski definition) is 6. The van der Waals surface area contributed by atoms with E-state index in [0.717, 1.165) is 25.5 Å². The van der Waals surface area contributed by atoms with Crippen LogP contribution in [-0.2, 0) is 10.0 Å². The first-order chi connectivity index (χ1) is 13.2. The first-order valence-electron chi connectivity index (χ1n) is 8.80. The van der Waals surface area contributed by atoms with Crippen LogP contribution in [0.15, 0.2) is 33.5 Å². The zero-order chi connectivity index (χ0) is 20.5. The molecule has 1 aromatic heterocycles. The van der Waals surface area contributed by atoms with Crippen molar-refractivity contribution in [2.24, 2.45) is 0 Å². The van der Waals surface area contributed by atoms with Crippen LogP contribution in [0.4, 0.5) is 11.4 Å². The van der Waals surface area contributed by atoms with Gasteiger partial charge in [0.25, 0.3) is 5.91 Å². The van der Waals surface area contributed by atoms with Crippen molar-refractivity contribution in [3.8, 4) is 5.75 Å². The van der Waals surface area contributed by atoms with E-state index in [1.807, 2.05) is 0 Å². The molecule has 1 heterocycles. The van der Waals surface area contributed by atoms with E-state index in [9.17, 15) is 18.0 Å². The van der Waals surface area contributed by atoms with Crippen molar-refractivity contribution >= 4 is 27.3 Å². The number of carbonyl (C=O) groups excluding carboxylic acids is 1. The SMILES string of the molecule is COc1cc(NC(=O)c2c(C)cc(C3CCC3)oc2=O)ccc1NS(C)(=O)=O.